The Kier molecular flexibility index (Phi) is 2.75. The standard InChI is InChI=1S/C10H17NO2S/c1-2-7-4-3-5-10(7)11-8(6-14-10)9(12)13/h7-8,11H,2-6H2,1H3,(H,12,13)/t7?,8-,10?/m1/s1. The quantitative estimate of drug-likeness (QED) is 0.736. The van der Waals surface area contributed by atoms with Crippen LogP contribution in [0.3, 0.4) is 0 Å². The normalized spacial score (nSPS) is 42.1. The Morgan fingerprint density at radius 2 is 2.50 bits per heavy atom. The summed E-state index contributed by atoms with van der Waals surface area (Å²) in [5, 5.41) is 12.3. The number of rotatable bonds is 2. The first kappa shape index (κ1) is 10.3. The van der Waals surface area contributed by atoms with E-state index >= 15 is 0 Å². The zero-order valence-electron chi connectivity index (χ0n) is 8.45. The van der Waals surface area contributed by atoms with Gasteiger partial charge in [-0.25, -0.2) is 0 Å². The Bertz CT molecular complexity index is 246. The highest BCUT2D eigenvalue weighted by atomic mass is 32.2. The van der Waals surface area contributed by atoms with Crippen molar-refractivity contribution in [2.75, 3.05) is 5.75 Å². The lowest BCUT2D eigenvalue weighted by atomic mass is 9.99. The number of hydrogen-bond acceptors (Lipinski definition) is 3. The van der Waals surface area contributed by atoms with Gasteiger partial charge in [-0.3, -0.25) is 10.1 Å². The lowest BCUT2D eigenvalue weighted by molar-refractivity contribution is -0.139. The largest absolute Gasteiger partial charge is 0.480 e. The van der Waals surface area contributed by atoms with Crippen LogP contribution in [0.4, 0.5) is 0 Å². The number of thioether (sulfide) groups is 1. The number of carbonyl (C=O) groups is 1. The smallest absolute Gasteiger partial charge is 0.321 e. The minimum atomic E-state index is -0.698. The van der Waals surface area contributed by atoms with Crippen molar-refractivity contribution in [1.82, 2.24) is 5.32 Å². The second kappa shape index (κ2) is 3.74. The van der Waals surface area contributed by atoms with Crippen molar-refractivity contribution in [1.29, 1.82) is 0 Å². The lowest BCUT2D eigenvalue weighted by Gasteiger charge is -2.30. The molecule has 80 valence electrons. The molecule has 0 aromatic rings. The Morgan fingerprint density at radius 3 is 3.07 bits per heavy atom. The highest BCUT2D eigenvalue weighted by Gasteiger charge is 2.49. The molecule has 0 aromatic heterocycles. The van der Waals surface area contributed by atoms with Crippen molar-refractivity contribution in [2.45, 2.75) is 43.5 Å². The second-order valence-electron chi connectivity index (χ2n) is 4.23. The molecule has 3 nitrogen and oxygen atoms in total. The number of hydrogen-bond donors (Lipinski definition) is 2. The summed E-state index contributed by atoms with van der Waals surface area (Å²) in [6, 6.07) is -0.327. The minimum absolute atomic E-state index is 0.0950. The molecule has 14 heavy (non-hydrogen) atoms. The van der Waals surface area contributed by atoms with Crippen LogP contribution in [-0.2, 0) is 4.79 Å². The molecule has 4 heteroatoms. The molecule has 2 fully saturated rings. The molecule has 2 unspecified atom stereocenters. The molecule has 2 rings (SSSR count). The topological polar surface area (TPSA) is 49.3 Å². The maximum absolute atomic E-state index is 10.9. The third-order valence-corrected chi connectivity index (χ3v) is 5.15. The second-order valence-corrected chi connectivity index (χ2v) is 5.58. The van der Waals surface area contributed by atoms with Crippen molar-refractivity contribution >= 4 is 17.7 Å². The number of aliphatic carboxylic acids is 1. The summed E-state index contributed by atoms with van der Waals surface area (Å²) in [4.78, 5) is 11.0. The molecule has 1 saturated carbocycles. The van der Waals surface area contributed by atoms with E-state index in [0.29, 0.717) is 5.92 Å². The molecule has 0 radical (unpaired) electrons. The molecule has 0 bridgehead atoms. The molecule has 0 amide bonds. The van der Waals surface area contributed by atoms with Gasteiger partial charge in [0.25, 0.3) is 0 Å². The SMILES string of the molecule is CCC1CCCC12N[C@@H](C(=O)O)CS2. The van der Waals surface area contributed by atoms with E-state index in [9.17, 15) is 4.79 Å². The number of carboxylic acid groups (broad SMARTS) is 1. The fourth-order valence-electron chi connectivity index (χ4n) is 2.71. The maximum atomic E-state index is 10.9. The maximum Gasteiger partial charge on any atom is 0.321 e. The Labute approximate surface area is 88.6 Å². The van der Waals surface area contributed by atoms with E-state index in [0.717, 1.165) is 18.6 Å². The third-order valence-electron chi connectivity index (χ3n) is 3.48. The fraction of sp³-hybridized carbons (Fsp3) is 0.900. The van der Waals surface area contributed by atoms with E-state index in [2.05, 4.69) is 12.2 Å². The van der Waals surface area contributed by atoms with Crippen LogP contribution in [0.1, 0.15) is 32.6 Å². The summed E-state index contributed by atoms with van der Waals surface area (Å²) < 4.78 is 0. The van der Waals surface area contributed by atoms with Gasteiger partial charge in [0.15, 0.2) is 0 Å². The van der Waals surface area contributed by atoms with Gasteiger partial charge in [0, 0.05) is 5.75 Å². The lowest BCUT2D eigenvalue weighted by Crippen LogP contribution is -2.47. The van der Waals surface area contributed by atoms with Crippen LogP contribution in [0.5, 0.6) is 0 Å². The first-order valence-corrected chi connectivity index (χ1v) is 6.31. The molecular weight excluding hydrogens is 198 g/mol. The Hall–Kier alpha value is -0.220. The predicted molar refractivity (Wildman–Crippen MR) is 57.4 cm³/mol. The summed E-state index contributed by atoms with van der Waals surface area (Å²) >= 11 is 1.83. The minimum Gasteiger partial charge on any atom is -0.480 e. The third kappa shape index (κ3) is 1.54. The van der Waals surface area contributed by atoms with E-state index < -0.39 is 5.97 Å². The zero-order chi connectivity index (χ0) is 10.2. The van der Waals surface area contributed by atoms with Crippen LogP contribution < -0.4 is 5.32 Å². The summed E-state index contributed by atoms with van der Waals surface area (Å²) in [6.07, 6.45) is 4.79. The van der Waals surface area contributed by atoms with Gasteiger partial charge in [-0.05, 0) is 18.8 Å². The van der Waals surface area contributed by atoms with Crippen LogP contribution in [-0.4, -0.2) is 27.7 Å². The van der Waals surface area contributed by atoms with Crippen LogP contribution in [0.2, 0.25) is 0 Å². The Morgan fingerprint density at radius 1 is 1.71 bits per heavy atom. The molecule has 2 aliphatic rings. The van der Waals surface area contributed by atoms with Crippen molar-refractivity contribution in [3.05, 3.63) is 0 Å². The van der Waals surface area contributed by atoms with E-state index in [1.807, 2.05) is 11.8 Å². The van der Waals surface area contributed by atoms with Crippen LogP contribution in [0.25, 0.3) is 0 Å². The van der Waals surface area contributed by atoms with E-state index in [1.165, 1.54) is 12.8 Å². The van der Waals surface area contributed by atoms with Crippen LogP contribution in [0, 0.1) is 5.92 Å². The molecule has 0 aromatic carbocycles. The predicted octanol–water partition coefficient (Wildman–Crippen LogP) is 1.68. The van der Waals surface area contributed by atoms with Gasteiger partial charge in [0.05, 0.1) is 4.87 Å². The van der Waals surface area contributed by atoms with Gasteiger partial charge in [-0.15, -0.1) is 11.8 Å². The average Bonchev–Trinajstić information content (AvgIpc) is 2.74. The van der Waals surface area contributed by atoms with Crippen molar-refractivity contribution in [3.8, 4) is 0 Å². The van der Waals surface area contributed by atoms with Gasteiger partial charge in [-0.2, -0.15) is 0 Å². The van der Waals surface area contributed by atoms with E-state index in [1.54, 1.807) is 0 Å². The van der Waals surface area contributed by atoms with Crippen LogP contribution in [0.15, 0.2) is 0 Å². The molecule has 1 saturated heterocycles. The van der Waals surface area contributed by atoms with E-state index in [-0.39, 0.29) is 10.9 Å². The summed E-state index contributed by atoms with van der Waals surface area (Å²) in [5.74, 6) is 0.694. The van der Waals surface area contributed by atoms with Gasteiger partial charge in [0.2, 0.25) is 0 Å². The van der Waals surface area contributed by atoms with Crippen molar-refractivity contribution in [3.63, 3.8) is 0 Å². The first-order valence-electron chi connectivity index (χ1n) is 5.32. The monoisotopic (exact) mass is 215 g/mol. The highest BCUT2D eigenvalue weighted by Crippen LogP contribution is 2.48. The van der Waals surface area contributed by atoms with Gasteiger partial charge in [0.1, 0.15) is 6.04 Å². The molecule has 3 atom stereocenters. The average molecular weight is 215 g/mol. The Balaban J connectivity index is 2.08. The van der Waals surface area contributed by atoms with Gasteiger partial charge >= 0.3 is 5.97 Å². The number of carboxylic acids is 1. The fourth-order valence-corrected chi connectivity index (χ4v) is 4.43. The summed E-state index contributed by atoms with van der Waals surface area (Å²) in [5.41, 5.74) is 0. The molecule has 2 N–H and O–H groups in total. The summed E-state index contributed by atoms with van der Waals surface area (Å²) in [7, 11) is 0. The summed E-state index contributed by atoms with van der Waals surface area (Å²) in [6.45, 7) is 2.20. The van der Waals surface area contributed by atoms with Crippen molar-refractivity contribution < 1.29 is 9.90 Å². The molecule has 1 heterocycles. The molecule has 1 aliphatic heterocycles. The molecule has 1 spiro atoms. The first-order chi connectivity index (χ1) is 6.68. The zero-order valence-corrected chi connectivity index (χ0v) is 9.27. The van der Waals surface area contributed by atoms with E-state index in [4.69, 9.17) is 5.11 Å². The highest BCUT2D eigenvalue weighted by molar-refractivity contribution is 8.01. The van der Waals surface area contributed by atoms with Crippen LogP contribution >= 0.6 is 11.8 Å². The van der Waals surface area contributed by atoms with Gasteiger partial charge in [-0.1, -0.05) is 19.8 Å². The number of nitrogens with one attached hydrogen (secondary N) is 1. The molecular formula is C10H17NO2S. The molecule has 1 aliphatic carbocycles. The van der Waals surface area contributed by atoms with Gasteiger partial charge < -0.3 is 5.11 Å². The van der Waals surface area contributed by atoms with Crippen molar-refractivity contribution in [2.24, 2.45) is 5.92 Å².